The van der Waals surface area contributed by atoms with Crippen molar-refractivity contribution < 1.29 is 8.42 Å². The summed E-state index contributed by atoms with van der Waals surface area (Å²) in [5.74, 6) is 0.273. The van der Waals surface area contributed by atoms with Crippen molar-refractivity contribution in [3.8, 4) is 0 Å². The number of nitrogens with two attached hydrogens (primary N) is 1. The topological polar surface area (TPSA) is 85.1 Å². The predicted molar refractivity (Wildman–Crippen MR) is 65.9 cm³/mol. The van der Waals surface area contributed by atoms with Crippen molar-refractivity contribution in [2.24, 2.45) is 0 Å². The standard InChI is InChI=1S/C11H11N3O2S/c12-9-4-3-5-10(8-9)17(15,16)14-11-6-1-2-7-13-11/h1-8H,12H2,(H,13,14). The van der Waals surface area contributed by atoms with E-state index in [0.717, 1.165) is 0 Å². The number of hydrogen-bond acceptors (Lipinski definition) is 4. The van der Waals surface area contributed by atoms with Gasteiger partial charge in [-0.05, 0) is 30.3 Å². The number of rotatable bonds is 3. The summed E-state index contributed by atoms with van der Waals surface area (Å²) >= 11 is 0. The molecule has 0 fully saturated rings. The normalized spacial score (nSPS) is 11.1. The predicted octanol–water partition coefficient (Wildman–Crippen LogP) is 1.46. The molecule has 2 rings (SSSR count). The summed E-state index contributed by atoms with van der Waals surface area (Å²) < 4.78 is 26.3. The summed E-state index contributed by atoms with van der Waals surface area (Å²) in [7, 11) is -3.63. The monoisotopic (exact) mass is 249 g/mol. The fraction of sp³-hybridized carbons (Fsp3) is 0. The first-order chi connectivity index (χ1) is 8.08. The van der Waals surface area contributed by atoms with Crippen LogP contribution in [0.3, 0.4) is 0 Å². The van der Waals surface area contributed by atoms with Gasteiger partial charge in [0.15, 0.2) is 0 Å². The molecule has 0 aliphatic heterocycles. The highest BCUT2D eigenvalue weighted by Gasteiger charge is 2.14. The van der Waals surface area contributed by atoms with Crippen LogP contribution in [0.15, 0.2) is 53.6 Å². The molecule has 0 unspecified atom stereocenters. The summed E-state index contributed by atoms with van der Waals surface area (Å²) in [6.07, 6.45) is 1.51. The van der Waals surface area contributed by atoms with E-state index in [9.17, 15) is 8.42 Å². The molecule has 0 amide bonds. The van der Waals surface area contributed by atoms with E-state index < -0.39 is 10.0 Å². The number of sulfonamides is 1. The highest BCUT2D eigenvalue weighted by atomic mass is 32.2. The first-order valence-corrected chi connectivity index (χ1v) is 6.36. The number of anilines is 2. The average Bonchev–Trinajstić information content (AvgIpc) is 2.30. The van der Waals surface area contributed by atoms with Crippen LogP contribution >= 0.6 is 0 Å². The van der Waals surface area contributed by atoms with Crippen molar-refractivity contribution in [3.05, 3.63) is 48.7 Å². The van der Waals surface area contributed by atoms with Crippen molar-refractivity contribution in [3.63, 3.8) is 0 Å². The molecule has 0 aliphatic rings. The zero-order valence-electron chi connectivity index (χ0n) is 8.87. The minimum atomic E-state index is -3.63. The molecule has 0 spiro atoms. The second-order valence-electron chi connectivity index (χ2n) is 3.39. The summed E-state index contributed by atoms with van der Waals surface area (Å²) in [6, 6.07) is 11.1. The third-order valence-electron chi connectivity index (χ3n) is 2.07. The Bertz CT molecular complexity index is 612. The molecular weight excluding hydrogens is 238 g/mol. The van der Waals surface area contributed by atoms with Crippen LogP contribution in [0.1, 0.15) is 0 Å². The maximum Gasteiger partial charge on any atom is 0.263 e. The first kappa shape index (κ1) is 11.4. The Morgan fingerprint density at radius 1 is 1.12 bits per heavy atom. The van der Waals surface area contributed by atoms with Gasteiger partial charge in [-0.1, -0.05) is 12.1 Å². The Morgan fingerprint density at radius 2 is 1.94 bits per heavy atom. The van der Waals surface area contributed by atoms with Gasteiger partial charge in [0.25, 0.3) is 10.0 Å². The zero-order chi connectivity index (χ0) is 12.3. The van der Waals surface area contributed by atoms with Gasteiger partial charge in [0.2, 0.25) is 0 Å². The van der Waals surface area contributed by atoms with Crippen LogP contribution in [0.2, 0.25) is 0 Å². The van der Waals surface area contributed by atoms with Crippen LogP contribution in [-0.2, 0) is 10.0 Å². The zero-order valence-corrected chi connectivity index (χ0v) is 9.68. The number of nitrogens with one attached hydrogen (secondary N) is 1. The van der Waals surface area contributed by atoms with Gasteiger partial charge in [-0.2, -0.15) is 0 Å². The van der Waals surface area contributed by atoms with E-state index in [0.29, 0.717) is 5.69 Å². The van der Waals surface area contributed by atoms with Crippen molar-refractivity contribution in [1.29, 1.82) is 0 Å². The largest absolute Gasteiger partial charge is 0.399 e. The summed E-state index contributed by atoms with van der Waals surface area (Å²) in [5, 5.41) is 0. The molecule has 0 saturated carbocycles. The number of hydrogen-bond donors (Lipinski definition) is 2. The third-order valence-corrected chi connectivity index (χ3v) is 3.42. The van der Waals surface area contributed by atoms with Gasteiger partial charge in [-0.15, -0.1) is 0 Å². The summed E-state index contributed by atoms with van der Waals surface area (Å²) in [6.45, 7) is 0. The Morgan fingerprint density at radius 3 is 2.59 bits per heavy atom. The SMILES string of the molecule is Nc1cccc(S(=O)(=O)Nc2ccccn2)c1. The van der Waals surface area contributed by atoms with Gasteiger partial charge in [0.1, 0.15) is 5.82 Å². The Kier molecular flexibility index (Phi) is 2.97. The van der Waals surface area contributed by atoms with E-state index in [2.05, 4.69) is 9.71 Å². The van der Waals surface area contributed by atoms with Gasteiger partial charge in [-0.3, -0.25) is 4.72 Å². The lowest BCUT2D eigenvalue weighted by atomic mass is 10.3. The quantitative estimate of drug-likeness (QED) is 0.806. The fourth-order valence-corrected chi connectivity index (χ4v) is 2.36. The second-order valence-corrected chi connectivity index (χ2v) is 5.08. The molecule has 3 N–H and O–H groups in total. The van der Waals surface area contributed by atoms with Crippen molar-refractivity contribution in [2.75, 3.05) is 10.5 Å². The highest BCUT2D eigenvalue weighted by molar-refractivity contribution is 7.92. The van der Waals surface area contributed by atoms with Gasteiger partial charge < -0.3 is 5.73 Å². The van der Waals surface area contributed by atoms with E-state index in [4.69, 9.17) is 5.73 Å². The molecule has 0 aliphatic carbocycles. The molecule has 0 radical (unpaired) electrons. The lowest BCUT2D eigenvalue weighted by Gasteiger charge is -2.07. The minimum absolute atomic E-state index is 0.114. The first-order valence-electron chi connectivity index (χ1n) is 4.87. The molecule has 1 aromatic carbocycles. The number of nitrogen functional groups attached to an aromatic ring is 1. The van der Waals surface area contributed by atoms with E-state index in [1.165, 1.54) is 18.3 Å². The molecule has 5 nitrogen and oxygen atoms in total. The maximum atomic E-state index is 11.9. The van der Waals surface area contributed by atoms with Gasteiger partial charge in [0, 0.05) is 11.9 Å². The molecule has 0 bridgehead atoms. The van der Waals surface area contributed by atoms with Crippen molar-refractivity contribution in [1.82, 2.24) is 4.98 Å². The molecule has 2 aromatic rings. The molecule has 6 heteroatoms. The number of aromatic nitrogens is 1. The van der Waals surface area contributed by atoms with Gasteiger partial charge >= 0.3 is 0 Å². The molecule has 17 heavy (non-hydrogen) atoms. The van der Waals surface area contributed by atoms with Crippen LogP contribution in [0.25, 0.3) is 0 Å². The van der Waals surface area contributed by atoms with Gasteiger partial charge in [-0.25, -0.2) is 13.4 Å². The number of benzene rings is 1. The average molecular weight is 249 g/mol. The molecule has 0 saturated heterocycles. The van der Waals surface area contributed by atoms with E-state index in [-0.39, 0.29) is 10.7 Å². The van der Waals surface area contributed by atoms with E-state index in [1.54, 1.807) is 30.3 Å². The molecular formula is C11H11N3O2S. The third kappa shape index (κ3) is 2.73. The molecule has 88 valence electrons. The van der Waals surface area contributed by atoms with Crippen LogP contribution in [-0.4, -0.2) is 13.4 Å². The second kappa shape index (κ2) is 4.42. The highest BCUT2D eigenvalue weighted by Crippen LogP contribution is 2.16. The van der Waals surface area contributed by atoms with E-state index >= 15 is 0 Å². The Balaban J connectivity index is 2.32. The molecule has 0 atom stereocenters. The lowest BCUT2D eigenvalue weighted by Crippen LogP contribution is -2.13. The summed E-state index contributed by atoms with van der Waals surface area (Å²) in [4.78, 5) is 4.00. The molecule has 1 aromatic heterocycles. The maximum absolute atomic E-state index is 11.9. The molecule has 1 heterocycles. The number of nitrogens with zero attached hydrogens (tertiary/aromatic N) is 1. The van der Waals surface area contributed by atoms with Crippen LogP contribution in [0, 0.1) is 0 Å². The van der Waals surface area contributed by atoms with Crippen molar-refractivity contribution in [2.45, 2.75) is 4.90 Å². The van der Waals surface area contributed by atoms with Crippen LogP contribution < -0.4 is 10.5 Å². The lowest BCUT2D eigenvalue weighted by molar-refractivity contribution is 0.601. The Hall–Kier alpha value is -2.08. The van der Waals surface area contributed by atoms with E-state index in [1.807, 2.05) is 0 Å². The fourth-order valence-electron chi connectivity index (χ4n) is 1.30. The van der Waals surface area contributed by atoms with Gasteiger partial charge in [0.05, 0.1) is 4.90 Å². The Labute approximate surface area is 99.4 Å². The number of pyridine rings is 1. The van der Waals surface area contributed by atoms with Crippen molar-refractivity contribution >= 4 is 21.5 Å². The minimum Gasteiger partial charge on any atom is -0.399 e. The summed E-state index contributed by atoms with van der Waals surface area (Å²) in [5.41, 5.74) is 5.94. The van der Waals surface area contributed by atoms with Crippen LogP contribution in [0.4, 0.5) is 11.5 Å². The van der Waals surface area contributed by atoms with Crippen LogP contribution in [0.5, 0.6) is 0 Å². The smallest absolute Gasteiger partial charge is 0.263 e.